The van der Waals surface area contributed by atoms with E-state index in [0.717, 1.165) is 23.7 Å². The van der Waals surface area contributed by atoms with Gasteiger partial charge in [0.15, 0.2) is 0 Å². The summed E-state index contributed by atoms with van der Waals surface area (Å²) < 4.78 is 0. The number of hydrogen-bond acceptors (Lipinski definition) is 2. The van der Waals surface area contributed by atoms with Crippen LogP contribution < -0.4 is 10.6 Å². The van der Waals surface area contributed by atoms with E-state index in [2.05, 4.69) is 10.6 Å². The van der Waals surface area contributed by atoms with Gasteiger partial charge in [0.1, 0.15) is 0 Å². The molecule has 2 amide bonds. The van der Waals surface area contributed by atoms with Crippen LogP contribution in [0.15, 0.2) is 0 Å². The van der Waals surface area contributed by atoms with Crippen molar-refractivity contribution in [3.63, 3.8) is 0 Å². The van der Waals surface area contributed by atoms with E-state index in [0.29, 0.717) is 6.04 Å². The molecular formula is C12H20N2O2. The number of aliphatic hydroxyl groups is 1. The number of amides is 2. The molecule has 5 atom stereocenters. The van der Waals surface area contributed by atoms with Crippen LogP contribution in [0.1, 0.15) is 26.2 Å². The van der Waals surface area contributed by atoms with E-state index in [1.807, 2.05) is 0 Å². The zero-order valence-electron chi connectivity index (χ0n) is 9.65. The first-order chi connectivity index (χ1) is 7.70. The predicted octanol–water partition coefficient (Wildman–Crippen LogP) is 0.711. The Morgan fingerprint density at radius 1 is 1.38 bits per heavy atom. The van der Waals surface area contributed by atoms with E-state index in [1.165, 1.54) is 19.3 Å². The van der Waals surface area contributed by atoms with Crippen LogP contribution in [-0.2, 0) is 0 Å². The van der Waals surface area contributed by atoms with E-state index >= 15 is 0 Å². The van der Waals surface area contributed by atoms with Crippen molar-refractivity contribution in [1.29, 1.82) is 0 Å². The molecule has 4 nitrogen and oxygen atoms in total. The standard InChI is InChI=1S/C12H20N2O2/c1-6(5-15)13-12(16)14-11-9-7-2-3-8(4-7)10(9)11/h6-11,15H,2-5H2,1H3,(H2,13,14,16)/t6-,7?,8?,9?,10?,11?/m0/s1. The highest BCUT2D eigenvalue weighted by molar-refractivity contribution is 5.75. The van der Waals surface area contributed by atoms with Gasteiger partial charge in [-0.15, -0.1) is 0 Å². The zero-order chi connectivity index (χ0) is 11.3. The van der Waals surface area contributed by atoms with Gasteiger partial charge in [0.2, 0.25) is 0 Å². The van der Waals surface area contributed by atoms with Crippen LogP contribution in [0.25, 0.3) is 0 Å². The average molecular weight is 224 g/mol. The van der Waals surface area contributed by atoms with Gasteiger partial charge in [-0.1, -0.05) is 0 Å². The summed E-state index contributed by atoms with van der Waals surface area (Å²) >= 11 is 0. The molecule has 3 aliphatic carbocycles. The molecule has 3 saturated carbocycles. The van der Waals surface area contributed by atoms with Crippen molar-refractivity contribution in [2.75, 3.05) is 6.61 Å². The number of hydrogen-bond donors (Lipinski definition) is 3. The Hall–Kier alpha value is -0.770. The Morgan fingerprint density at radius 3 is 2.56 bits per heavy atom. The summed E-state index contributed by atoms with van der Waals surface area (Å²) in [7, 11) is 0. The van der Waals surface area contributed by atoms with Crippen molar-refractivity contribution in [2.45, 2.75) is 38.3 Å². The third-order valence-corrected chi connectivity index (χ3v) is 4.68. The molecule has 3 rings (SSSR count). The number of nitrogens with one attached hydrogen (secondary N) is 2. The molecule has 0 saturated heterocycles. The summed E-state index contributed by atoms with van der Waals surface area (Å²) in [4.78, 5) is 11.6. The van der Waals surface area contributed by atoms with Crippen molar-refractivity contribution in [3.05, 3.63) is 0 Å². The molecular weight excluding hydrogens is 204 g/mol. The number of aliphatic hydroxyl groups excluding tert-OH is 1. The first-order valence-corrected chi connectivity index (χ1v) is 6.38. The molecule has 4 heteroatoms. The Bertz CT molecular complexity index is 291. The number of carbonyl (C=O) groups is 1. The summed E-state index contributed by atoms with van der Waals surface area (Å²) in [6.07, 6.45) is 4.15. The molecule has 3 fully saturated rings. The zero-order valence-corrected chi connectivity index (χ0v) is 9.65. The summed E-state index contributed by atoms with van der Waals surface area (Å²) in [6, 6.07) is 0.160. The summed E-state index contributed by atoms with van der Waals surface area (Å²) in [5, 5.41) is 14.6. The van der Waals surface area contributed by atoms with Gasteiger partial charge in [-0.05, 0) is 49.9 Å². The van der Waals surface area contributed by atoms with Crippen LogP contribution in [-0.4, -0.2) is 29.8 Å². The summed E-state index contributed by atoms with van der Waals surface area (Å²) in [5.74, 6) is 3.31. The Morgan fingerprint density at radius 2 is 2.00 bits per heavy atom. The lowest BCUT2D eigenvalue weighted by Crippen LogP contribution is -2.44. The number of fused-ring (bicyclic) bond motifs is 5. The maximum absolute atomic E-state index is 11.6. The van der Waals surface area contributed by atoms with Gasteiger partial charge in [-0.2, -0.15) is 0 Å². The highest BCUT2D eigenvalue weighted by Gasteiger charge is 2.65. The fraction of sp³-hybridized carbons (Fsp3) is 0.917. The molecule has 3 N–H and O–H groups in total. The minimum atomic E-state index is -0.157. The smallest absolute Gasteiger partial charge is 0.315 e. The molecule has 0 aromatic rings. The third kappa shape index (κ3) is 1.51. The molecule has 3 aliphatic rings. The van der Waals surface area contributed by atoms with Crippen LogP contribution in [0, 0.1) is 23.7 Å². The lowest BCUT2D eigenvalue weighted by Gasteiger charge is -2.14. The normalized spacial score (nSPS) is 45.0. The third-order valence-electron chi connectivity index (χ3n) is 4.68. The van der Waals surface area contributed by atoms with E-state index < -0.39 is 0 Å². The van der Waals surface area contributed by atoms with Crippen molar-refractivity contribution in [3.8, 4) is 0 Å². The van der Waals surface area contributed by atoms with Gasteiger partial charge < -0.3 is 15.7 Å². The largest absolute Gasteiger partial charge is 0.394 e. The molecule has 4 unspecified atom stereocenters. The Kier molecular flexibility index (Phi) is 2.35. The van der Waals surface area contributed by atoms with Gasteiger partial charge in [0, 0.05) is 6.04 Å². The second-order valence-electron chi connectivity index (χ2n) is 5.72. The lowest BCUT2D eigenvalue weighted by atomic mass is 10.0. The summed E-state index contributed by atoms with van der Waals surface area (Å²) in [6.45, 7) is 1.80. The highest BCUT2D eigenvalue weighted by atomic mass is 16.3. The van der Waals surface area contributed by atoms with Crippen molar-refractivity contribution in [1.82, 2.24) is 10.6 Å². The van der Waals surface area contributed by atoms with Crippen LogP contribution in [0.4, 0.5) is 4.79 Å². The fourth-order valence-corrected chi connectivity index (χ4v) is 3.98. The Labute approximate surface area is 95.8 Å². The monoisotopic (exact) mass is 224 g/mol. The second-order valence-corrected chi connectivity index (χ2v) is 5.72. The quantitative estimate of drug-likeness (QED) is 0.661. The number of rotatable bonds is 3. The molecule has 90 valence electrons. The van der Waals surface area contributed by atoms with Gasteiger partial charge >= 0.3 is 6.03 Å². The van der Waals surface area contributed by atoms with Crippen molar-refractivity contribution >= 4 is 6.03 Å². The lowest BCUT2D eigenvalue weighted by molar-refractivity contribution is 0.218. The molecule has 0 aromatic heterocycles. The van der Waals surface area contributed by atoms with Crippen LogP contribution in [0.5, 0.6) is 0 Å². The van der Waals surface area contributed by atoms with Crippen LogP contribution in [0.3, 0.4) is 0 Å². The van der Waals surface area contributed by atoms with E-state index in [4.69, 9.17) is 5.11 Å². The predicted molar refractivity (Wildman–Crippen MR) is 59.8 cm³/mol. The van der Waals surface area contributed by atoms with Crippen molar-refractivity contribution < 1.29 is 9.90 Å². The Balaban J connectivity index is 1.49. The first-order valence-electron chi connectivity index (χ1n) is 6.38. The minimum absolute atomic E-state index is 0.00378. The molecule has 0 radical (unpaired) electrons. The van der Waals surface area contributed by atoms with Crippen molar-refractivity contribution in [2.24, 2.45) is 23.7 Å². The topological polar surface area (TPSA) is 61.4 Å². The van der Waals surface area contributed by atoms with Crippen LogP contribution in [0.2, 0.25) is 0 Å². The van der Waals surface area contributed by atoms with Crippen LogP contribution >= 0.6 is 0 Å². The summed E-state index contributed by atoms with van der Waals surface area (Å²) in [5.41, 5.74) is 0. The maximum Gasteiger partial charge on any atom is 0.315 e. The molecule has 0 aliphatic heterocycles. The molecule has 16 heavy (non-hydrogen) atoms. The number of carbonyl (C=O) groups excluding carboxylic acids is 1. The first kappa shape index (κ1) is 10.4. The molecule has 0 spiro atoms. The molecule has 2 bridgehead atoms. The van der Waals surface area contributed by atoms with Gasteiger partial charge in [-0.25, -0.2) is 4.79 Å². The second kappa shape index (κ2) is 3.62. The number of urea groups is 1. The SMILES string of the molecule is C[C@@H](CO)NC(=O)NC1C2C3CCC(C3)C12. The van der Waals surface area contributed by atoms with Gasteiger partial charge in [0.05, 0.1) is 12.6 Å². The molecule has 0 aromatic carbocycles. The van der Waals surface area contributed by atoms with E-state index in [9.17, 15) is 4.79 Å². The fourth-order valence-electron chi connectivity index (χ4n) is 3.98. The van der Waals surface area contributed by atoms with Gasteiger partial charge in [-0.3, -0.25) is 0 Å². The van der Waals surface area contributed by atoms with E-state index in [-0.39, 0.29) is 18.7 Å². The van der Waals surface area contributed by atoms with E-state index in [1.54, 1.807) is 6.92 Å². The minimum Gasteiger partial charge on any atom is -0.394 e. The highest BCUT2D eigenvalue weighted by Crippen LogP contribution is 2.65. The molecule has 0 heterocycles. The van der Waals surface area contributed by atoms with Gasteiger partial charge in [0.25, 0.3) is 0 Å². The maximum atomic E-state index is 11.6. The average Bonchev–Trinajstić information content (AvgIpc) is 2.69.